The highest BCUT2D eigenvalue weighted by Gasteiger charge is 2.19. The molecule has 16 heavy (non-hydrogen) atoms. The minimum atomic E-state index is 0.128. The van der Waals surface area contributed by atoms with Crippen molar-refractivity contribution in [1.82, 2.24) is 0 Å². The van der Waals surface area contributed by atoms with Crippen molar-refractivity contribution in [1.29, 1.82) is 0 Å². The van der Waals surface area contributed by atoms with Crippen LogP contribution >= 0.6 is 11.8 Å². The maximum Gasteiger partial charge on any atom is 0.0681 e. The number of benzene rings is 1. The fourth-order valence-electron chi connectivity index (χ4n) is 2.07. The van der Waals surface area contributed by atoms with Gasteiger partial charge in [0.1, 0.15) is 0 Å². The molecular weight excluding hydrogens is 218 g/mol. The Kier molecular flexibility index (Phi) is 4.27. The van der Waals surface area contributed by atoms with Crippen LogP contribution in [0.3, 0.4) is 0 Å². The Hall–Kier alpha value is -0.510. The lowest BCUT2D eigenvalue weighted by molar-refractivity contribution is 0.282. The van der Waals surface area contributed by atoms with Crippen LogP contribution in [0.5, 0.6) is 0 Å². The Bertz CT molecular complexity index is 317. The van der Waals surface area contributed by atoms with Crippen LogP contribution in [0, 0.1) is 0 Å². The molecule has 0 aliphatic heterocycles. The third-order valence-corrected chi connectivity index (χ3v) is 4.48. The van der Waals surface area contributed by atoms with E-state index in [9.17, 15) is 0 Å². The molecule has 1 saturated carbocycles. The standard InChI is InChI=1S/C13H19NOS/c14-11-3-7-13(8-4-11)16-12-5-1-10(9-15)2-6-12/h1-2,5-6,11,13,15H,3-4,7-9,14H2. The van der Waals surface area contributed by atoms with Gasteiger partial charge in [-0.25, -0.2) is 0 Å². The predicted molar refractivity (Wildman–Crippen MR) is 68.5 cm³/mol. The summed E-state index contributed by atoms with van der Waals surface area (Å²) in [5.74, 6) is 0. The van der Waals surface area contributed by atoms with Gasteiger partial charge in [0.05, 0.1) is 6.61 Å². The van der Waals surface area contributed by atoms with Crippen LogP contribution in [0.25, 0.3) is 0 Å². The molecule has 0 bridgehead atoms. The lowest BCUT2D eigenvalue weighted by Gasteiger charge is -2.25. The molecule has 3 heteroatoms. The smallest absolute Gasteiger partial charge is 0.0681 e. The SMILES string of the molecule is NC1CCC(Sc2ccc(CO)cc2)CC1. The van der Waals surface area contributed by atoms with E-state index in [2.05, 4.69) is 12.1 Å². The largest absolute Gasteiger partial charge is 0.392 e. The van der Waals surface area contributed by atoms with Gasteiger partial charge in [-0.1, -0.05) is 12.1 Å². The Morgan fingerprint density at radius 1 is 1.12 bits per heavy atom. The van der Waals surface area contributed by atoms with Crippen molar-refractivity contribution in [2.45, 2.75) is 48.5 Å². The quantitative estimate of drug-likeness (QED) is 0.849. The number of rotatable bonds is 3. The number of hydrogen-bond acceptors (Lipinski definition) is 3. The van der Waals surface area contributed by atoms with Gasteiger partial charge in [-0.2, -0.15) is 0 Å². The summed E-state index contributed by atoms with van der Waals surface area (Å²) in [6.45, 7) is 0.128. The lowest BCUT2D eigenvalue weighted by Crippen LogP contribution is -2.27. The molecule has 0 aromatic heterocycles. The first-order valence-corrected chi connectivity index (χ1v) is 6.78. The molecule has 0 unspecified atom stereocenters. The van der Waals surface area contributed by atoms with Crippen molar-refractivity contribution < 1.29 is 5.11 Å². The molecule has 1 aliphatic carbocycles. The van der Waals surface area contributed by atoms with Crippen LogP contribution < -0.4 is 5.73 Å². The summed E-state index contributed by atoms with van der Waals surface area (Å²) in [5.41, 5.74) is 6.87. The van der Waals surface area contributed by atoms with E-state index in [-0.39, 0.29) is 6.61 Å². The summed E-state index contributed by atoms with van der Waals surface area (Å²) in [7, 11) is 0. The van der Waals surface area contributed by atoms with Crippen LogP contribution in [0.1, 0.15) is 31.2 Å². The average molecular weight is 237 g/mol. The molecule has 3 N–H and O–H groups in total. The molecular formula is C13H19NOS. The summed E-state index contributed by atoms with van der Waals surface area (Å²) >= 11 is 1.95. The van der Waals surface area contributed by atoms with Crippen molar-refractivity contribution in [3.63, 3.8) is 0 Å². The Balaban J connectivity index is 1.88. The molecule has 0 spiro atoms. The lowest BCUT2D eigenvalue weighted by atomic mass is 9.96. The second kappa shape index (κ2) is 5.71. The number of thioether (sulfide) groups is 1. The van der Waals surface area contributed by atoms with Gasteiger partial charge in [0.2, 0.25) is 0 Å². The second-order valence-electron chi connectivity index (χ2n) is 4.46. The average Bonchev–Trinajstić information content (AvgIpc) is 2.33. The molecule has 2 rings (SSSR count). The van der Waals surface area contributed by atoms with E-state index < -0.39 is 0 Å². The highest BCUT2D eigenvalue weighted by molar-refractivity contribution is 8.00. The summed E-state index contributed by atoms with van der Waals surface area (Å²) in [4.78, 5) is 1.30. The molecule has 0 amide bonds. The predicted octanol–water partition coefficient (Wildman–Crippen LogP) is 2.54. The van der Waals surface area contributed by atoms with Crippen LogP contribution in [-0.2, 0) is 6.61 Å². The van der Waals surface area contributed by atoms with Crippen molar-refractivity contribution in [2.75, 3.05) is 0 Å². The van der Waals surface area contributed by atoms with E-state index in [1.54, 1.807) is 0 Å². The Morgan fingerprint density at radius 2 is 1.75 bits per heavy atom. The summed E-state index contributed by atoms with van der Waals surface area (Å²) < 4.78 is 0. The zero-order chi connectivity index (χ0) is 11.4. The highest BCUT2D eigenvalue weighted by atomic mass is 32.2. The molecule has 0 heterocycles. The minimum absolute atomic E-state index is 0.128. The Morgan fingerprint density at radius 3 is 2.31 bits per heavy atom. The molecule has 2 nitrogen and oxygen atoms in total. The van der Waals surface area contributed by atoms with Crippen LogP contribution in [-0.4, -0.2) is 16.4 Å². The van der Waals surface area contributed by atoms with Gasteiger partial charge in [-0.05, 0) is 43.4 Å². The van der Waals surface area contributed by atoms with Crippen LogP contribution in [0.15, 0.2) is 29.2 Å². The van der Waals surface area contributed by atoms with Gasteiger partial charge in [-0.3, -0.25) is 0 Å². The zero-order valence-corrected chi connectivity index (χ0v) is 10.2. The monoisotopic (exact) mass is 237 g/mol. The topological polar surface area (TPSA) is 46.2 Å². The maximum atomic E-state index is 8.96. The minimum Gasteiger partial charge on any atom is -0.392 e. The first kappa shape index (κ1) is 12.0. The number of hydrogen-bond donors (Lipinski definition) is 2. The summed E-state index contributed by atoms with van der Waals surface area (Å²) in [6, 6.07) is 8.62. The second-order valence-corrected chi connectivity index (χ2v) is 5.83. The third-order valence-electron chi connectivity index (χ3n) is 3.13. The van der Waals surface area contributed by atoms with Crippen molar-refractivity contribution >= 4 is 11.8 Å². The van der Waals surface area contributed by atoms with E-state index in [0.29, 0.717) is 6.04 Å². The van der Waals surface area contributed by atoms with E-state index >= 15 is 0 Å². The first-order chi connectivity index (χ1) is 7.78. The van der Waals surface area contributed by atoms with Crippen LogP contribution in [0.2, 0.25) is 0 Å². The zero-order valence-electron chi connectivity index (χ0n) is 9.43. The molecule has 0 radical (unpaired) electrons. The third kappa shape index (κ3) is 3.24. The Labute approximate surface area is 101 Å². The van der Waals surface area contributed by atoms with Crippen molar-refractivity contribution in [3.05, 3.63) is 29.8 Å². The molecule has 1 aromatic carbocycles. The first-order valence-electron chi connectivity index (χ1n) is 5.90. The molecule has 1 fully saturated rings. The van der Waals surface area contributed by atoms with Gasteiger partial charge in [0.25, 0.3) is 0 Å². The molecule has 88 valence electrons. The molecule has 1 aliphatic rings. The molecule has 0 saturated heterocycles. The van der Waals surface area contributed by atoms with Gasteiger partial charge in [-0.15, -0.1) is 11.8 Å². The van der Waals surface area contributed by atoms with Crippen molar-refractivity contribution in [3.8, 4) is 0 Å². The fourth-order valence-corrected chi connectivity index (χ4v) is 3.26. The van der Waals surface area contributed by atoms with Gasteiger partial charge in [0.15, 0.2) is 0 Å². The molecule has 1 aromatic rings. The maximum absolute atomic E-state index is 8.96. The van der Waals surface area contributed by atoms with Gasteiger partial charge in [0, 0.05) is 16.2 Å². The van der Waals surface area contributed by atoms with E-state index in [0.717, 1.165) is 23.7 Å². The molecule has 0 atom stereocenters. The van der Waals surface area contributed by atoms with Crippen LogP contribution in [0.4, 0.5) is 0 Å². The number of nitrogens with two attached hydrogens (primary N) is 1. The summed E-state index contributed by atoms with van der Waals surface area (Å²) in [6.07, 6.45) is 4.78. The fraction of sp³-hybridized carbons (Fsp3) is 0.538. The van der Waals surface area contributed by atoms with Gasteiger partial charge < -0.3 is 10.8 Å². The summed E-state index contributed by atoms with van der Waals surface area (Å²) in [5, 5.41) is 9.68. The normalized spacial score (nSPS) is 25.6. The van der Waals surface area contributed by atoms with Crippen molar-refractivity contribution in [2.24, 2.45) is 5.73 Å². The van der Waals surface area contributed by atoms with E-state index in [4.69, 9.17) is 10.8 Å². The number of aliphatic hydroxyl groups excluding tert-OH is 1. The highest BCUT2D eigenvalue weighted by Crippen LogP contribution is 2.33. The van der Waals surface area contributed by atoms with Gasteiger partial charge >= 0.3 is 0 Å². The number of aliphatic hydroxyl groups is 1. The van der Waals surface area contributed by atoms with E-state index in [1.807, 2.05) is 23.9 Å². The van der Waals surface area contributed by atoms with E-state index in [1.165, 1.54) is 17.7 Å².